The van der Waals surface area contributed by atoms with Crippen LogP contribution in [0.25, 0.3) is 0 Å². The predicted octanol–water partition coefficient (Wildman–Crippen LogP) is 1.58. The number of nitro groups is 1. The van der Waals surface area contributed by atoms with Gasteiger partial charge >= 0.3 is 0 Å². The van der Waals surface area contributed by atoms with Gasteiger partial charge in [0.15, 0.2) is 0 Å². The van der Waals surface area contributed by atoms with Crippen molar-refractivity contribution in [2.24, 2.45) is 13.0 Å². The number of rotatable bonds is 4. The topological polar surface area (TPSA) is 102 Å². The van der Waals surface area contributed by atoms with Crippen molar-refractivity contribution in [2.75, 3.05) is 18.4 Å². The minimum absolute atomic E-state index is 0.0377. The van der Waals surface area contributed by atoms with E-state index < -0.39 is 4.92 Å². The summed E-state index contributed by atoms with van der Waals surface area (Å²) in [5, 5.41) is 21.2. The molecular formula is C16H19N5O3. The highest BCUT2D eigenvalue weighted by Gasteiger charge is 2.35. The molecule has 0 spiro atoms. The van der Waals surface area contributed by atoms with Gasteiger partial charge in [-0.05, 0) is 18.1 Å². The van der Waals surface area contributed by atoms with E-state index in [-0.39, 0.29) is 23.4 Å². The number of carbonyl (C=O) groups is 1. The predicted molar refractivity (Wildman–Crippen MR) is 88.8 cm³/mol. The van der Waals surface area contributed by atoms with Gasteiger partial charge in [-0.25, -0.2) is 0 Å². The van der Waals surface area contributed by atoms with Gasteiger partial charge in [0.1, 0.15) is 0 Å². The molecule has 0 unspecified atom stereocenters. The van der Waals surface area contributed by atoms with E-state index in [0.717, 1.165) is 11.1 Å². The number of hydrogen-bond donors (Lipinski definition) is 2. The number of non-ortho nitro benzene ring substituents is 1. The Morgan fingerprint density at radius 2 is 2.25 bits per heavy atom. The van der Waals surface area contributed by atoms with Gasteiger partial charge in [-0.15, -0.1) is 0 Å². The summed E-state index contributed by atoms with van der Waals surface area (Å²) in [7, 11) is 1.84. The summed E-state index contributed by atoms with van der Waals surface area (Å²) in [4.78, 5) is 23.1. The molecule has 2 aromatic rings. The summed E-state index contributed by atoms with van der Waals surface area (Å²) in [5.41, 5.74) is 2.24. The zero-order chi connectivity index (χ0) is 17.3. The normalized spacial score (nSPS) is 20.1. The molecule has 8 nitrogen and oxygen atoms in total. The van der Waals surface area contributed by atoms with Gasteiger partial charge in [0.25, 0.3) is 5.69 Å². The van der Waals surface area contributed by atoms with E-state index in [2.05, 4.69) is 15.7 Å². The summed E-state index contributed by atoms with van der Waals surface area (Å²) in [6.45, 7) is 3.09. The fourth-order valence-electron chi connectivity index (χ4n) is 3.02. The van der Waals surface area contributed by atoms with Crippen LogP contribution in [0.3, 0.4) is 0 Å². The van der Waals surface area contributed by atoms with Gasteiger partial charge in [-0.2, -0.15) is 5.10 Å². The van der Waals surface area contributed by atoms with Crippen molar-refractivity contribution >= 4 is 17.3 Å². The number of nitrogens with one attached hydrogen (secondary N) is 2. The lowest BCUT2D eigenvalue weighted by molar-refractivity contribution is -0.384. The number of nitrogens with zero attached hydrogens (tertiary/aromatic N) is 3. The van der Waals surface area contributed by atoms with Crippen molar-refractivity contribution in [3.05, 3.63) is 51.8 Å². The second-order valence-corrected chi connectivity index (χ2v) is 6.06. The maximum absolute atomic E-state index is 12.7. The first-order valence-corrected chi connectivity index (χ1v) is 7.71. The highest BCUT2D eigenvalue weighted by atomic mass is 16.6. The second-order valence-electron chi connectivity index (χ2n) is 6.06. The summed E-state index contributed by atoms with van der Waals surface area (Å²) in [6.07, 6.45) is 3.69. The van der Waals surface area contributed by atoms with Crippen LogP contribution in [0.1, 0.15) is 17.0 Å². The smallest absolute Gasteiger partial charge is 0.271 e. The van der Waals surface area contributed by atoms with Gasteiger partial charge in [0.05, 0.1) is 22.7 Å². The molecular weight excluding hydrogens is 310 g/mol. The Kier molecular flexibility index (Phi) is 4.30. The number of anilines is 1. The molecule has 1 saturated heterocycles. The first-order chi connectivity index (χ1) is 11.5. The summed E-state index contributed by atoms with van der Waals surface area (Å²) >= 11 is 0. The molecule has 0 bridgehead atoms. The Labute approximate surface area is 139 Å². The maximum Gasteiger partial charge on any atom is 0.271 e. The van der Waals surface area contributed by atoms with Gasteiger partial charge in [0, 0.05) is 44.4 Å². The van der Waals surface area contributed by atoms with Crippen molar-refractivity contribution < 1.29 is 9.72 Å². The lowest BCUT2D eigenvalue weighted by Crippen LogP contribution is -2.28. The molecule has 2 N–H and O–H groups in total. The molecule has 2 atom stereocenters. The van der Waals surface area contributed by atoms with Crippen molar-refractivity contribution in [3.8, 4) is 0 Å². The molecule has 0 radical (unpaired) electrons. The third-order valence-corrected chi connectivity index (χ3v) is 4.39. The molecule has 0 aliphatic carbocycles. The van der Waals surface area contributed by atoms with Gasteiger partial charge < -0.3 is 10.6 Å². The molecule has 3 rings (SSSR count). The number of amides is 1. The molecule has 1 aromatic carbocycles. The zero-order valence-corrected chi connectivity index (χ0v) is 13.5. The fourth-order valence-corrected chi connectivity index (χ4v) is 3.02. The minimum Gasteiger partial charge on any atom is -0.325 e. The average molecular weight is 329 g/mol. The molecule has 8 heteroatoms. The van der Waals surface area contributed by atoms with Gasteiger partial charge in [-0.1, -0.05) is 6.07 Å². The van der Waals surface area contributed by atoms with E-state index in [1.165, 1.54) is 12.1 Å². The lowest BCUT2D eigenvalue weighted by atomic mass is 9.90. The SMILES string of the molecule is Cc1ccc([N+](=O)[O-])cc1NC(=O)[C@H]1CNC[C@@H]1c1cnn(C)c1. The fraction of sp³-hybridized carbons (Fsp3) is 0.375. The Bertz CT molecular complexity index is 786. The molecule has 1 aliphatic rings. The van der Waals surface area contributed by atoms with E-state index in [9.17, 15) is 14.9 Å². The van der Waals surface area contributed by atoms with Crippen molar-refractivity contribution in [1.82, 2.24) is 15.1 Å². The Morgan fingerprint density at radius 3 is 2.92 bits per heavy atom. The van der Waals surface area contributed by atoms with Crippen LogP contribution in [0, 0.1) is 23.0 Å². The highest BCUT2D eigenvalue weighted by Crippen LogP contribution is 2.30. The standard InChI is InChI=1S/C16H19N5O3/c1-10-3-4-12(21(23)24)5-15(10)19-16(22)14-8-17-7-13(14)11-6-18-20(2)9-11/h3-6,9,13-14,17H,7-8H2,1-2H3,(H,19,22)/t13-,14+/m1/s1. The number of carbonyl (C=O) groups excluding carboxylic acids is 1. The molecule has 2 heterocycles. The quantitative estimate of drug-likeness (QED) is 0.655. The summed E-state index contributed by atoms with van der Waals surface area (Å²) in [5.74, 6) is -0.344. The largest absolute Gasteiger partial charge is 0.325 e. The van der Waals surface area contributed by atoms with Crippen LogP contribution < -0.4 is 10.6 Å². The van der Waals surface area contributed by atoms with Crippen LogP contribution in [-0.4, -0.2) is 33.7 Å². The average Bonchev–Trinajstić information content (AvgIpc) is 3.17. The highest BCUT2D eigenvalue weighted by molar-refractivity contribution is 5.94. The second kappa shape index (κ2) is 6.40. The Hall–Kier alpha value is -2.74. The monoisotopic (exact) mass is 329 g/mol. The van der Waals surface area contributed by atoms with Crippen LogP contribution >= 0.6 is 0 Å². The van der Waals surface area contributed by atoms with E-state index in [4.69, 9.17) is 0 Å². The number of aromatic nitrogens is 2. The molecule has 24 heavy (non-hydrogen) atoms. The van der Waals surface area contributed by atoms with Crippen molar-refractivity contribution in [3.63, 3.8) is 0 Å². The third kappa shape index (κ3) is 3.13. The first-order valence-electron chi connectivity index (χ1n) is 7.71. The molecule has 1 aliphatic heterocycles. The molecule has 0 saturated carbocycles. The van der Waals surface area contributed by atoms with Crippen molar-refractivity contribution in [2.45, 2.75) is 12.8 Å². The van der Waals surface area contributed by atoms with Gasteiger partial charge in [0.2, 0.25) is 5.91 Å². The van der Waals surface area contributed by atoms with E-state index >= 15 is 0 Å². The third-order valence-electron chi connectivity index (χ3n) is 4.39. The number of hydrogen-bond acceptors (Lipinski definition) is 5. The summed E-state index contributed by atoms with van der Waals surface area (Å²) < 4.78 is 1.72. The van der Waals surface area contributed by atoms with Gasteiger partial charge in [-0.3, -0.25) is 19.6 Å². The van der Waals surface area contributed by atoms with Crippen molar-refractivity contribution in [1.29, 1.82) is 0 Å². The van der Waals surface area contributed by atoms with E-state index in [0.29, 0.717) is 18.8 Å². The van der Waals surface area contributed by atoms with Crippen LogP contribution in [0.5, 0.6) is 0 Å². The van der Waals surface area contributed by atoms with Crippen LogP contribution in [0.15, 0.2) is 30.6 Å². The molecule has 126 valence electrons. The number of nitro benzene ring substituents is 1. The maximum atomic E-state index is 12.7. The number of aryl methyl sites for hydroxylation is 2. The molecule has 1 aromatic heterocycles. The Morgan fingerprint density at radius 1 is 1.46 bits per heavy atom. The summed E-state index contributed by atoms with van der Waals surface area (Å²) in [6, 6.07) is 4.47. The van der Waals surface area contributed by atoms with Crippen LogP contribution in [-0.2, 0) is 11.8 Å². The van der Waals surface area contributed by atoms with E-state index in [1.54, 1.807) is 16.9 Å². The molecule has 1 amide bonds. The zero-order valence-electron chi connectivity index (χ0n) is 13.5. The Balaban J connectivity index is 1.79. The molecule has 1 fully saturated rings. The lowest BCUT2D eigenvalue weighted by Gasteiger charge is -2.17. The van der Waals surface area contributed by atoms with E-state index in [1.807, 2.05) is 20.2 Å². The van der Waals surface area contributed by atoms with Crippen LogP contribution in [0.4, 0.5) is 11.4 Å². The number of benzene rings is 1. The van der Waals surface area contributed by atoms with Crippen LogP contribution in [0.2, 0.25) is 0 Å². The minimum atomic E-state index is -0.468. The first kappa shape index (κ1) is 16.1.